The Kier molecular flexibility index (Phi) is 6.15. The van der Waals surface area contributed by atoms with Gasteiger partial charge in [-0.1, -0.05) is 31.2 Å². The Hall–Kier alpha value is -2.62. The molecule has 166 valence electrons. The first kappa shape index (κ1) is 22.6. The van der Waals surface area contributed by atoms with Crippen molar-refractivity contribution >= 4 is 36.5 Å². The van der Waals surface area contributed by atoms with Crippen molar-refractivity contribution in [3.63, 3.8) is 0 Å². The number of ether oxygens (including phenoxy) is 1. The lowest BCUT2D eigenvalue weighted by atomic mass is 10.3. The third-order valence-electron chi connectivity index (χ3n) is 5.04. The average Bonchev–Trinajstić information content (AvgIpc) is 2.79. The molecule has 1 heterocycles. The van der Waals surface area contributed by atoms with Gasteiger partial charge in [-0.3, -0.25) is 4.79 Å². The fourth-order valence-electron chi connectivity index (χ4n) is 3.44. The van der Waals surface area contributed by atoms with E-state index in [1.165, 1.54) is 12.1 Å². The molecule has 4 rings (SSSR count). The summed E-state index contributed by atoms with van der Waals surface area (Å²) in [5.74, 6) is -0.741. The molecule has 1 aliphatic rings. The van der Waals surface area contributed by atoms with Crippen molar-refractivity contribution in [1.29, 1.82) is 0 Å². The molecule has 3 aromatic rings. The molecular formula is C23H21O6S3+. The largest absolute Gasteiger partial charge is 0.465 e. The molecule has 0 spiro atoms. The molecule has 0 unspecified atom stereocenters. The Morgan fingerprint density at radius 3 is 1.94 bits per heavy atom. The maximum atomic E-state index is 13.1. The fraction of sp³-hybridized carbons (Fsp3) is 0.174. The molecule has 0 atom stereocenters. The van der Waals surface area contributed by atoms with Crippen LogP contribution >= 0.6 is 0 Å². The number of hydrogen-bond donors (Lipinski definition) is 0. The highest BCUT2D eigenvalue weighted by atomic mass is 32.2. The van der Waals surface area contributed by atoms with E-state index in [1.54, 1.807) is 67.6 Å². The quantitative estimate of drug-likeness (QED) is 0.303. The van der Waals surface area contributed by atoms with Crippen molar-refractivity contribution in [3.8, 4) is 0 Å². The Bertz CT molecular complexity index is 1320. The summed E-state index contributed by atoms with van der Waals surface area (Å²) in [5, 5.41) is 0. The Labute approximate surface area is 190 Å². The Balaban J connectivity index is 1.70. The molecule has 0 fully saturated rings. The summed E-state index contributed by atoms with van der Waals surface area (Å²) in [5.41, 5.74) is 0. The lowest BCUT2D eigenvalue weighted by Crippen LogP contribution is -2.20. The third-order valence-corrected chi connectivity index (χ3v) is 11.2. The maximum Gasteiger partial charge on any atom is 0.305 e. The predicted molar refractivity (Wildman–Crippen MR) is 120 cm³/mol. The van der Waals surface area contributed by atoms with E-state index < -0.39 is 36.5 Å². The third kappa shape index (κ3) is 4.07. The number of benzene rings is 3. The second kappa shape index (κ2) is 8.73. The van der Waals surface area contributed by atoms with Crippen LogP contribution in [0.1, 0.15) is 13.3 Å². The van der Waals surface area contributed by atoms with E-state index in [0.717, 1.165) is 4.90 Å². The summed E-state index contributed by atoms with van der Waals surface area (Å²) < 4.78 is 56.3. The van der Waals surface area contributed by atoms with E-state index in [-0.39, 0.29) is 33.5 Å². The Morgan fingerprint density at radius 1 is 0.875 bits per heavy atom. The number of sulfone groups is 2. The molecule has 9 heteroatoms. The monoisotopic (exact) mass is 489 g/mol. The van der Waals surface area contributed by atoms with E-state index in [4.69, 9.17) is 4.74 Å². The molecule has 0 radical (unpaired) electrons. The van der Waals surface area contributed by atoms with E-state index in [9.17, 15) is 21.6 Å². The summed E-state index contributed by atoms with van der Waals surface area (Å²) in [6.45, 7) is 1.45. The molecule has 6 nitrogen and oxygen atoms in total. The SMILES string of the molecule is CCC(=O)OCCS(=O)(=O)c1ccc([S+]2c3ccccc3S(=O)(=O)c3ccccc32)cc1. The minimum absolute atomic E-state index is 0.128. The first-order valence-corrected chi connectivity index (χ1v) is 14.3. The first-order valence-electron chi connectivity index (χ1n) is 9.91. The smallest absolute Gasteiger partial charge is 0.305 e. The molecule has 0 bridgehead atoms. The van der Waals surface area contributed by atoms with Crippen molar-refractivity contribution in [3.05, 3.63) is 72.8 Å². The minimum Gasteiger partial charge on any atom is -0.465 e. The van der Waals surface area contributed by atoms with E-state index >= 15 is 0 Å². The van der Waals surface area contributed by atoms with Gasteiger partial charge in [-0.25, -0.2) is 16.8 Å². The van der Waals surface area contributed by atoms with Crippen LogP contribution in [0.15, 0.2) is 102 Å². The fourth-order valence-corrected chi connectivity index (χ4v) is 9.23. The van der Waals surface area contributed by atoms with Gasteiger partial charge < -0.3 is 4.74 Å². The van der Waals surface area contributed by atoms with Crippen LogP contribution in [0.25, 0.3) is 0 Å². The van der Waals surface area contributed by atoms with Crippen LogP contribution in [-0.4, -0.2) is 35.2 Å². The molecule has 1 aliphatic heterocycles. The number of hydrogen-bond acceptors (Lipinski definition) is 6. The summed E-state index contributed by atoms with van der Waals surface area (Å²) in [4.78, 5) is 14.1. The van der Waals surface area contributed by atoms with Crippen molar-refractivity contribution in [2.45, 2.75) is 42.7 Å². The van der Waals surface area contributed by atoms with Gasteiger partial charge in [0.15, 0.2) is 24.5 Å². The van der Waals surface area contributed by atoms with Gasteiger partial charge in [0.1, 0.15) is 27.3 Å². The zero-order chi connectivity index (χ0) is 22.9. The molecule has 0 N–H and O–H groups in total. The molecular weight excluding hydrogens is 468 g/mol. The summed E-state index contributed by atoms with van der Waals surface area (Å²) in [7, 11) is -7.94. The van der Waals surface area contributed by atoms with Crippen molar-refractivity contribution in [1.82, 2.24) is 0 Å². The van der Waals surface area contributed by atoms with Crippen LogP contribution in [0.4, 0.5) is 0 Å². The molecule has 0 amide bonds. The zero-order valence-corrected chi connectivity index (χ0v) is 19.7. The molecule has 32 heavy (non-hydrogen) atoms. The number of carbonyl (C=O) groups is 1. The van der Waals surface area contributed by atoms with Crippen molar-refractivity contribution in [2.24, 2.45) is 0 Å². The second-order valence-corrected chi connectivity index (χ2v) is 13.0. The van der Waals surface area contributed by atoms with E-state index in [2.05, 4.69) is 0 Å². The summed E-state index contributed by atoms with van der Waals surface area (Å²) >= 11 is 0. The van der Waals surface area contributed by atoms with Gasteiger partial charge >= 0.3 is 5.97 Å². The van der Waals surface area contributed by atoms with Crippen LogP contribution in [0.2, 0.25) is 0 Å². The van der Waals surface area contributed by atoms with Crippen LogP contribution in [0.3, 0.4) is 0 Å². The molecule has 0 saturated carbocycles. The van der Waals surface area contributed by atoms with Gasteiger partial charge in [0, 0.05) is 6.42 Å². The van der Waals surface area contributed by atoms with Gasteiger partial charge in [0.05, 0.1) is 10.6 Å². The first-order chi connectivity index (χ1) is 15.3. The highest BCUT2D eigenvalue weighted by Crippen LogP contribution is 2.44. The van der Waals surface area contributed by atoms with Gasteiger partial charge in [0.25, 0.3) is 0 Å². The number of fused-ring (bicyclic) bond motifs is 2. The van der Waals surface area contributed by atoms with E-state index in [0.29, 0.717) is 9.79 Å². The normalized spacial score (nSPS) is 14.9. The average molecular weight is 490 g/mol. The summed E-state index contributed by atoms with van der Waals surface area (Å²) in [6, 6.07) is 20.3. The molecule has 0 aromatic heterocycles. The summed E-state index contributed by atoms with van der Waals surface area (Å²) in [6.07, 6.45) is 0.190. The van der Waals surface area contributed by atoms with Crippen LogP contribution in [0, 0.1) is 0 Å². The van der Waals surface area contributed by atoms with Crippen LogP contribution in [-0.2, 0) is 40.1 Å². The highest BCUT2D eigenvalue weighted by molar-refractivity contribution is 8.00. The lowest BCUT2D eigenvalue weighted by Gasteiger charge is -2.19. The van der Waals surface area contributed by atoms with Gasteiger partial charge in [0.2, 0.25) is 9.84 Å². The van der Waals surface area contributed by atoms with Crippen LogP contribution < -0.4 is 0 Å². The van der Waals surface area contributed by atoms with Gasteiger partial charge in [-0.2, -0.15) is 0 Å². The topological polar surface area (TPSA) is 94.6 Å². The molecule has 0 aliphatic carbocycles. The van der Waals surface area contributed by atoms with Crippen molar-refractivity contribution in [2.75, 3.05) is 12.4 Å². The lowest BCUT2D eigenvalue weighted by molar-refractivity contribution is -0.142. The van der Waals surface area contributed by atoms with Gasteiger partial charge in [-0.15, -0.1) is 0 Å². The second-order valence-electron chi connectivity index (χ2n) is 7.07. The number of esters is 1. The highest BCUT2D eigenvalue weighted by Gasteiger charge is 2.44. The van der Waals surface area contributed by atoms with Crippen molar-refractivity contribution < 1.29 is 26.4 Å². The number of rotatable bonds is 6. The van der Waals surface area contributed by atoms with Gasteiger partial charge in [-0.05, 0) is 48.5 Å². The molecule has 3 aromatic carbocycles. The zero-order valence-electron chi connectivity index (χ0n) is 17.2. The Morgan fingerprint density at radius 2 is 1.41 bits per heavy atom. The maximum absolute atomic E-state index is 13.1. The van der Waals surface area contributed by atoms with Crippen LogP contribution in [0.5, 0.6) is 0 Å². The minimum atomic E-state index is -3.62. The predicted octanol–water partition coefficient (Wildman–Crippen LogP) is 3.66. The van der Waals surface area contributed by atoms with E-state index in [1.807, 2.05) is 0 Å². The molecule has 0 saturated heterocycles. The number of carbonyl (C=O) groups excluding carboxylic acids is 1. The standard InChI is InChI=1S/C23H21O6S3/c1-2-23(24)29-15-16-31(25,26)18-13-11-17(12-14-18)30-19-7-3-5-9-21(19)32(27,28)22-10-6-4-8-20(22)30/h3-14H,2,15-16H2,1H3/q+1.